The van der Waals surface area contributed by atoms with Gasteiger partial charge in [-0.25, -0.2) is 0 Å². The maximum Gasteiger partial charge on any atom is 0.126 e. The number of benzene rings is 2. The summed E-state index contributed by atoms with van der Waals surface area (Å²) >= 11 is 12.6. The first-order valence-corrected chi connectivity index (χ1v) is 9.71. The SMILES string of the molecule is CCc1cc(Br)cc(SNc2cc(Cl)cc(SC)c2)c1N=O. The van der Waals surface area contributed by atoms with Crippen LogP contribution in [-0.4, -0.2) is 6.26 Å². The van der Waals surface area contributed by atoms with Gasteiger partial charge >= 0.3 is 0 Å². The van der Waals surface area contributed by atoms with E-state index in [0.717, 1.165) is 31.9 Å². The van der Waals surface area contributed by atoms with Crippen LogP contribution in [0.15, 0.2) is 49.8 Å². The molecule has 0 aliphatic carbocycles. The van der Waals surface area contributed by atoms with Crippen LogP contribution in [-0.2, 0) is 6.42 Å². The quantitative estimate of drug-likeness (QED) is 0.315. The highest BCUT2D eigenvalue weighted by Crippen LogP contribution is 2.37. The number of aryl methyl sites for hydroxylation is 1. The third kappa shape index (κ3) is 4.41. The molecule has 0 aliphatic rings. The lowest BCUT2D eigenvalue weighted by molar-refractivity contribution is 1.11. The summed E-state index contributed by atoms with van der Waals surface area (Å²) in [5.74, 6) is 0. The number of nitrogens with one attached hydrogen (secondary N) is 1. The lowest BCUT2D eigenvalue weighted by Crippen LogP contribution is -1.91. The Morgan fingerprint density at radius 1 is 1.27 bits per heavy atom. The van der Waals surface area contributed by atoms with Crippen LogP contribution >= 0.6 is 51.2 Å². The molecule has 0 radical (unpaired) electrons. The minimum atomic E-state index is 0.482. The first-order valence-electron chi connectivity index (χ1n) is 6.50. The van der Waals surface area contributed by atoms with Gasteiger partial charge < -0.3 is 4.72 Å². The summed E-state index contributed by atoms with van der Waals surface area (Å²) in [6, 6.07) is 9.58. The van der Waals surface area contributed by atoms with Crippen LogP contribution in [0.1, 0.15) is 12.5 Å². The van der Waals surface area contributed by atoms with Crippen LogP contribution in [0.4, 0.5) is 11.4 Å². The van der Waals surface area contributed by atoms with Crippen molar-refractivity contribution in [3.05, 3.63) is 50.3 Å². The highest BCUT2D eigenvalue weighted by molar-refractivity contribution is 9.10. The first kappa shape index (κ1) is 17.7. The topological polar surface area (TPSA) is 41.5 Å². The van der Waals surface area contributed by atoms with Crippen LogP contribution in [0.25, 0.3) is 0 Å². The Balaban J connectivity index is 2.26. The average Bonchev–Trinajstić information content (AvgIpc) is 2.51. The minimum absolute atomic E-state index is 0.482. The molecule has 116 valence electrons. The molecule has 22 heavy (non-hydrogen) atoms. The van der Waals surface area contributed by atoms with Crippen LogP contribution in [0, 0.1) is 4.91 Å². The van der Waals surface area contributed by atoms with Crippen molar-refractivity contribution < 1.29 is 0 Å². The molecule has 2 aromatic rings. The van der Waals surface area contributed by atoms with Crippen molar-refractivity contribution in [3.63, 3.8) is 0 Å². The largest absolute Gasteiger partial charge is 0.325 e. The molecule has 0 aromatic heterocycles. The molecule has 0 bridgehead atoms. The van der Waals surface area contributed by atoms with Crippen LogP contribution < -0.4 is 4.72 Å². The molecule has 2 rings (SSSR count). The predicted molar refractivity (Wildman–Crippen MR) is 102 cm³/mol. The van der Waals surface area contributed by atoms with Crippen LogP contribution in [0.3, 0.4) is 0 Å². The number of hydrogen-bond acceptors (Lipinski definition) is 5. The van der Waals surface area contributed by atoms with E-state index in [1.165, 1.54) is 11.9 Å². The zero-order valence-electron chi connectivity index (χ0n) is 12.0. The Morgan fingerprint density at radius 3 is 2.68 bits per heavy atom. The molecule has 0 saturated carbocycles. The van der Waals surface area contributed by atoms with Gasteiger partial charge in [0.15, 0.2) is 0 Å². The van der Waals surface area contributed by atoms with E-state index in [9.17, 15) is 4.91 Å². The van der Waals surface area contributed by atoms with E-state index in [-0.39, 0.29) is 0 Å². The number of nitrogens with zero attached hydrogens (tertiary/aromatic N) is 1. The van der Waals surface area contributed by atoms with E-state index in [1.807, 2.05) is 43.5 Å². The van der Waals surface area contributed by atoms with Crippen molar-refractivity contribution in [2.24, 2.45) is 5.18 Å². The molecule has 0 unspecified atom stereocenters. The van der Waals surface area contributed by atoms with Crippen molar-refractivity contribution >= 4 is 62.6 Å². The monoisotopic (exact) mass is 416 g/mol. The molecule has 1 N–H and O–H groups in total. The summed E-state index contributed by atoms with van der Waals surface area (Å²) < 4.78 is 4.16. The van der Waals surface area contributed by atoms with Crippen LogP contribution in [0.2, 0.25) is 5.02 Å². The van der Waals surface area contributed by atoms with Crippen molar-refractivity contribution in [2.75, 3.05) is 11.0 Å². The Hall–Kier alpha value is -0.690. The number of anilines is 1. The molecule has 0 amide bonds. The molecule has 0 atom stereocenters. The maximum absolute atomic E-state index is 11.2. The van der Waals surface area contributed by atoms with Gasteiger partial charge in [0.25, 0.3) is 0 Å². The summed E-state index contributed by atoms with van der Waals surface area (Å²) in [5.41, 5.74) is 2.29. The second-order valence-electron chi connectivity index (χ2n) is 4.44. The fourth-order valence-electron chi connectivity index (χ4n) is 1.93. The molecular formula is C15H14BrClN2OS2. The zero-order valence-corrected chi connectivity index (χ0v) is 16.0. The summed E-state index contributed by atoms with van der Waals surface area (Å²) in [7, 11) is 0. The van der Waals surface area contributed by atoms with E-state index in [4.69, 9.17) is 11.6 Å². The lowest BCUT2D eigenvalue weighted by Gasteiger charge is -2.11. The van der Waals surface area contributed by atoms with E-state index >= 15 is 0 Å². The Morgan fingerprint density at radius 2 is 2.05 bits per heavy atom. The van der Waals surface area contributed by atoms with Gasteiger partial charge in [0.1, 0.15) is 5.69 Å². The number of hydrogen-bond donors (Lipinski definition) is 1. The van der Waals surface area contributed by atoms with Gasteiger partial charge in [-0.3, -0.25) is 0 Å². The normalized spacial score (nSPS) is 10.5. The third-order valence-corrected chi connectivity index (χ3v) is 5.23. The molecule has 0 saturated heterocycles. The number of nitroso groups, excluding NO2 is 1. The zero-order chi connectivity index (χ0) is 16.1. The molecule has 3 nitrogen and oxygen atoms in total. The van der Waals surface area contributed by atoms with E-state index in [0.29, 0.717) is 10.7 Å². The van der Waals surface area contributed by atoms with Crippen LogP contribution in [0.5, 0.6) is 0 Å². The standard InChI is InChI=1S/C15H14BrClN2OS2/c1-3-9-4-10(16)5-14(15(9)18-20)22-19-12-6-11(17)7-13(8-12)21-2/h4-8,19H,3H2,1-2H3. The highest BCUT2D eigenvalue weighted by Gasteiger charge is 2.11. The van der Waals surface area contributed by atoms with Crippen molar-refractivity contribution in [1.82, 2.24) is 0 Å². The third-order valence-electron chi connectivity index (χ3n) is 2.98. The van der Waals surface area contributed by atoms with Crippen molar-refractivity contribution in [3.8, 4) is 0 Å². The second-order valence-corrected chi connectivity index (χ2v) is 7.52. The Kier molecular flexibility index (Phi) is 6.62. The van der Waals surface area contributed by atoms with Gasteiger partial charge in [-0.1, -0.05) is 34.5 Å². The highest BCUT2D eigenvalue weighted by atomic mass is 79.9. The molecule has 0 heterocycles. The Labute approximate surface area is 151 Å². The Bertz CT molecular complexity index is 697. The molecule has 0 spiro atoms. The van der Waals surface area contributed by atoms with E-state index < -0.39 is 0 Å². The summed E-state index contributed by atoms with van der Waals surface area (Å²) in [6.45, 7) is 2.00. The van der Waals surface area contributed by atoms with Gasteiger partial charge in [0.2, 0.25) is 0 Å². The van der Waals surface area contributed by atoms with Gasteiger partial charge in [-0.15, -0.1) is 16.7 Å². The van der Waals surface area contributed by atoms with Crippen molar-refractivity contribution in [2.45, 2.75) is 23.1 Å². The van der Waals surface area contributed by atoms with E-state index in [1.54, 1.807) is 11.8 Å². The van der Waals surface area contributed by atoms with Gasteiger partial charge in [0.05, 0.1) is 4.90 Å². The van der Waals surface area contributed by atoms with Gasteiger partial charge in [-0.2, -0.15) is 0 Å². The molecular weight excluding hydrogens is 404 g/mol. The number of thioether (sulfide) groups is 1. The number of halogens is 2. The molecule has 0 fully saturated rings. The second kappa shape index (κ2) is 8.24. The van der Waals surface area contributed by atoms with Gasteiger partial charge in [-0.05, 0) is 65.7 Å². The lowest BCUT2D eigenvalue weighted by atomic mass is 10.1. The minimum Gasteiger partial charge on any atom is -0.325 e. The first-order chi connectivity index (χ1) is 10.6. The van der Waals surface area contributed by atoms with Gasteiger partial charge in [0, 0.05) is 20.1 Å². The number of rotatable bonds is 6. The average molecular weight is 418 g/mol. The maximum atomic E-state index is 11.2. The smallest absolute Gasteiger partial charge is 0.126 e. The predicted octanol–water partition coefficient (Wildman–Crippen LogP) is 6.90. The summed E-state index contributed by atoms with van der Waals surface area (Å²) in [4.78, 5) is 13.0. The summed E-state index contributed by atoms with van der Waals surface area (Å²) in [6.07, 6.45) is 2.75. The van der Waals surface area contributed by atoms with Crippen molar-refractivity contribution in [1.29, 1.82) is 0 Å². The van der Waals surface area contributed by atoms with E-state index in [2.05, 4.69) is 25.8 Å². The molecule has 7 heteroatoms. The fraction of sp³-hybridized carbons (Fsp3) is 0.200. The summed E-state index contributed by atoms with van der Waals surface area (Å²) in [5, 5.41) is 3.86. The fourth-order valence-corrected chi connectivity index (χ4v) is 4.18. The molecule has 0 aliphatic heterocycles. The molecule has 2 aromatic carbocycles.